The van der Waals surface area contributed by atoms with Crippen molar-refractivity contribution in [1.82, 2.24) is 9.79 Å². The molecule has 5 nitrogen and oxygen atoms in total. The van der Waals surface area contributed by atoms with Gasteiger partial charge in [-0.25, -0.2) is 5.01 Å². The van der Waals surface area contributed by atoms with E-state index in [1.807, 2.05) is 32.7 Å². The number of hydrazine groups is 1. The predicted octanol–water partition coefficient (Wildman–Crippen LogP) is 4.57. The molecule has 24 heavy (non-hydrogen) atoms. The van der Waals surface area contributed by atoms with Crippen molar-refractivity contribution in [2.75, 3.05) is 6.54 Å². The first kappa shape index (κ1) is 24.0. The van der Waals surface area contributed by atoms with E-state index in [2.05, 4.69) is 26.8 Å². The van der Waals surface area contributed by atoms with Crippen molar-refractivity contribution in [2.24, 2.45) is 5.92 Å². The molecule has 0 aliphatic carbocycles. The van der Waals surface area contributed by atoms with E-state index in [4.69, 9.17) is 0 Å². The van der Waals surface area contributed by atoms with E-state index in [1.165, 1.54) is 18.1 Å². The van der Waals surface area contributed by atoms with E-state index >= 15 is 0 Å². The van der Waals surface area contributed by atoms with Crippen LogP contribution in [0.2, 0.25) is 24.2 Å². The lowest BCUT2D eigenvalue weighted by atomic mass is 10.1. The molecule has 0 radical (unpaired) electrons. The summed E-state index contributed by atoms with van der Waals surface area (Å²) in [4.78, 5) is 19.8. The molecule has 0 amide bonds. The first-order valence-corrected chi connectivity index (χ1v) is 13.3. The standard InChI is InChI=1S/C17H38N3O2PSi/c1-8-24(9-2,10-3)12-11-17(13-18)14-19(23(21)22)20(15(4)5)16(6)7/h15-17,21-22H,8-12,14H2,1-7H3. The van der Waals surface area contributed by atoms with Crippen LogP contribution >= 0.6 is 8.53 Å². The number of hydrogen-bond acceptors (Lipinski definition) is 5. The Hall–Kier alpha value is -0.0231. The fraction of sp³-hybridized carbons (Fsp3) is 0.941. The van der Waals surface area contributed by atoms with Crippen LogP contribution in [-0.2, 0) is 0 Å². The highest BCUT2D eigenvalue weighted by Crippen LogP contribution is 2.36. The molecular formula is C17H38N3O2PSi. The lowest BCUT2D eigenvalue weighted by molar-refractivity contribution is -0.0215. The molecule has 0 aliphatic heterocycles. The molecule has 0 aromatic rings. The van der Waals surface area contributed by atoms with E-state index in [-0.39, 0.29) is 18.0 Å². The van der Waals surface area contributed by atoms with Gasteiger partial charge in [0, 0.05) is 18.6 Å². The lowest BCUT2D eigenvalue weighted by Crippen LogP contribution is -2.49. The van der Waals surface area contributed by atoms with Crippen LogP contribution in [0, 0.1) is 17.2 Å². The van der Waals surface area contributed by atoms with Gasteiger partial charge < -0.3 is 9.79 Å². The maximum Gasteiger partial charge on any atom is 0.268 e. The molecule has 1 unspecified atom stereocenters. The van der Waals surface area contributed by atoms with Crippen LogP contribution in [0.25, 0.3) is 0 Å². The summed E-state index contributed by atoms with van der Waals surface area (Å²) in [7, 11) is -3.49. The fourth-order valence-electron chi connectivity index (χ4n) is 3.54. The van der Waals surface area contributed by atoms with Crippen LogP contribution < -0.4 is 0 Å². The highest BCUT2D eigenvalue weighted by Gasteiger charge is 2.32. The van der Waals surface area contributed by atoms with Crippen LogP contribution in [-0.4, -0.2) is 46.3 Å². The minimum absolute atomic E-state index is 0.157. The SMILES string of the molecule is CC[Si](CC)(CC)CCC(C#N)CN(N(C(C)C)C(C)C)P(O)O. The number of nitrogens with zero attached hydrogens (tertiary/aromatic N) is 3. The zero-order chi connectivity index (χ0) is 18.9. The van der Waals surface area contributed by atoms with Crippen molar-refractivity contribution in [2.45, 2.75) is 91.1 Å². The Morgan fingerprint density at radius 3 is 1.75 bits per heavy atom. The van der Waals surface area contributed by atoms with E-state index in [1.54, 1.807) is 4.78 Å². The molecule has 0 aliphatic rings. The third-order valence-electron chi connectivity index (χ3n) is 5.37. The normalized spacial score (nSPS) is 14.2. The highest BCUT2D eigenvalue weighted by atomic mass is 31.2. The van der Waals surface area contributed by atoms with Crippen molar-refractivity contribution < 1.29 is 9.79 Å². The van der Waals surface area contributed by atoms with Crippen LogP contribution in [0.1, 0.15) is 54.9 Å². The van der Waals surface area contributed by atoms with E-state index in [0.717, 1.165) is 12.5 Å². The largest absolute Gasteiger partial charge is 0.337 e. The summed E-state index contributed by atoms with van der Waals surface area (Å²) in [6.07, 6.45) is 0.863. The molecular weight excluding hydrogens is 337 g/mol. The molecule has 1 atom stereocenters. The Bertz CT molecular complexity index is 368. The van der Waals surface area contributed by atoms with Crippen molar-refractivity contribution in [3.8, 4) is 6.07 Å². The molecule has 0 bridgehead atoms. The van der Waals surface area contributed by atoms with Gasteiger partial charge in [0.1, 0.15) is 0 Å². The van der Waals surface area contributed by atoms with Gasteiger partial charge in [-0.1, -0.05) is 44.9 Å². The Kier molecular flexibility index (Phi) is 11.6. The summed E-state index contributed by atoms with van der Waals surface area (Å²) in [5.74, 6) is -0.161. The second kappa shape index (κ2) is 11.6. The van der Waals surface area contributed by atoms with E-state index in [0.29, 0.717) is 6.54 Å². The Morgan fingerprint density at radius 2 is 1.46 bits per heavy atom. The Labute approximate surface area is 151 Å². The molecule has 0 saturated heterocycles. The second-order valence-electron chi connectivity index (χ2n) is 7.32. The number of hydrogen-bond donors (Lipinski definition) is 2. The summed E-state index contributed by atoms with van der Waals surface area (Å²) in [5, 5.41) is 11.6. The van der Waals surface area contributed by atoms with Crippen LogP contribution in [0.15, 0.2) is 0 Å². The average molecular weight is 376 g/mol. The van der Waals surface area contributed by atoms with Crippen LogP contribution in [0.5, 0.6) is 0 Å². The third kappa shape index (κ3) is 7.07. The molecule has 0 spiro atoms. The number of nitriles is 1. The van der Waals surface area contributed by atoms with Crippen molar-refractivity contribution >= 4 is 16.6 Å². The molecule has 0 rings (SSSR count). The molecule has 0 aromatic heterocycles. The molecule has 0 saturated carbocycles. The molecule has 7 heteroatoms. The maximum absolute atomic E-state index is 9.90. The van der Waals surface area contributed by atoms with E-state index in [9.17, 15) is 15.0 Å². The number of rotatable bonds is 12. The van der Waals surface area contributed by atoms with Gasteiger partial charge in [0.05, 0.1) is 20.1 Å². The monoisotopic (exact) mass is 375 g/mol. The summed E-state index contributed by atoms with van der Waals surface area (Å²) >= 11 is 0. The van der Waals surface area contributed by atoms with Gasteiger partial charge in [-0.3, -0.25) is 0 Å². The lowest BCUT2D eigenvalue weighted by Gasteiger charge is -2.41. The van der Waals surface area contributed by atoms with Gasteiger partial charge in [0.25, 0.3) is 8.53 Å². The Morgan fingerprint density at radius 1 is 1.00 bits per heavy atom. The van der Waals surface area contributed by atoms with Gasteiger partial charge in [0.2, 0.25) is 0 Å². The highest BCUT2D eigenvalue weighted by molar-refractivity contribution is 7.42. The van der Waals surface area contributed by atoms with Gasteiger partial charge in [-0.2, -0.15) is 10.0 Å². The minimum Gasteiger partial charge on any atom is -0.337 e. The fourth-order valence-corrected chi connectivity index (χ4v) is 8.01. The van der Waals surface area contributed by atoms with Crippen LogP contribution in [0.4, 0.5) is 0 Å². The third-order valence-corrected chi connectivity index (χ3v) is 12.0. The topological polar surface area (TPSA) is 70.7 Å². The average Bonchev–Trinajstić information content (AvgIpc) is 2.53. The van der Waals surface area contributed by atoms with Gasteiger partial charge in [-0.15, -0.1) is 0 Å². The van der Waals surface area contributed by atoms with Crippen LogP contribution in [0.3, 0.4) is 0 Å². The zero-order valence-electron chi connectivity index (χ0n) is 16.7. The van der Waals surface area contributed by atoms with Gasteiger partial charge in [0.15, 0.2) is 0 Å². The first-order valence-electron chi connectivity index (χ1n) is 9.31. The molecule has 0 fully saturated rings. The van der Waals surface area contributed by atoms with Gasteiger partial charge >= 0.3 is 0 Å². The summed E-state index contributed by atoms with van der Waals surface area (Å²) in [6, 6.07) is 7.66. The van der Waals surface area contributed by atoms with Gasteiger partial charge in [-0.05, 0) is 34.1 Å². The van der Waals surface area contributed by atoms with Crippen molar-refractivity contribution in [1.29, 1.82) is 5.26 Å². The zero-order valence-corrected chi connectivity index (χ0v) is 18.6. The van der Waals surface area contributed by atoms with E-state index < -0.39 is 16.6 Å². The molecule has 0 heterocycles. The summed E-state index contributed by atoms with van der Waals surface area (Å²) in [5.41, 5.74) is 0. The second-order valence-corrected chi connectivity index (χ2v) is 13.9. The van der Waals surface area contributed by atoms with Crippen molar-refractivity contribution in [3.05, 3.63) is 0 Å². The quantitative estimate of drug-likeness (QED) is 0.297. The first-order chi connectivity index (χ1) is 11.2. The smallest absolute Gasteiger partial charge is 0.268 e. The molecule has 2 N–H and O–H groups in total. The van der Waals surface area contributed by atoms with Crippen molar-refractivity contribution in [3.63, 3.8) is 0 Å². The molecule has 0 aromatic carbocycles. The molecule has 142 valence electrons. The maximum atomic E-state index is 9.90. The summed E-state index contributed by atoms with van der Waals surface area (Å²) < 4.78 is 1.62. The Balaban J connectivity index is 5.08. The minimum atomic E-state index is -2.24. The predicted molar refractivity (Wildman–Crippen MR) is 106 cm³/mol. The summed E-state index contributed by atoms with van der Waals surface area (Å²) in [6.45, 7) is 15.4.